The Labute approximate surface area is 206 Å². The fourth-order valence-electron chi connectivity index (χ4n) is 3.89. The molecule has 1 aromatic carbocycles. The van der Waals surface area contributed by atoms with Crippen molar-refractivity contribution in [3.05, 3.63) is 81.8 Å². The zero-order valence-corrected chi connectivity index (χ0v) is 20.6. The average Bonchev–Trinajstić information content (AvgIpc) is 3.44. The van der Waals surface area contributed by atoms with Crippen molar-refractivity contribution in [2.45, 2.75) is 27.0 Å². The van der Waals surface area contributed by atoms with Crippen molar-refractivity contribution in [1.29, 1.82) is 0 Å². The van der Waals surface area contributed by atoms with Gasteiger partial charge in [0.2, 0.25) is 0 Å². The molecule has 0 aliphatic carbocycles. The fourth-order valence-corrected chi connectivity index (χ4v) is 4.81. The summed E-state index contributed by atoms with van der Waals surface area (Å²) >= 11 is 8.10. The van der Waals surface area contributed by atoms with E-state index >= 15 is 0 Å². The van der Waals surface area contributed by atoms with Gasteiger partial charge in [0.1, 0.15) is 17.9 Å². The molecule has 0 fully saturated rings. The van der Waals surface area contributed by atoms with Crippen LogP contribution in [-0.2, 0) is 20.2 Å². The molecule has 7 nitrogen and oxygen atoms in total. The third-order valence-electron chi connectivity index (χ3n) is 5.54. The lowest BCUT2D eigenvalue weighted by molar-refractivity contribution is 0.308. The summed E-state index contributed by atoms with van der Waals surface area (Å²) in [5.41, 5.74) is 6.64. The number of rotatable bonds is 7. The molecule has 9 heteroatoms. The maximum Gasteiger partial charge on any atom is 0.183 e. The van der Waals surface area contributed by atoms with E-state index in [2.05, 4.69) is 32.5 Å². The highest BCUT2D eigenvalue weighted by Gasteiger charge is 2.15. The molecule has 0 bridgehead atoms. The molecule has 0 aliphatic heterocycles. The van der Waals surface area contributed by atoms with Gasteiger partial charge in [-0.2, -0.15) is 5.10 Å². The molecule has 5 aromatic rings. The van der Waals surface area contributed by atoms with E-state index in [0.717, 1.165) is 49.8 Å². The third kappa shape index (κ3) is 4.47. The van der Waals surface area contributed by atoms with Gasteiger partial charge in [0.25, 0.3) is 0 Å². The molecule has 5 rings (SSSR count). The number of hydrogen-bond donors (Lipinski definition) is 1. The van der Waals surface area contributed by atoms with E-state index in [9.17, 15) is 0 Å². The van der Waals surface area contributed by atoms with E-state index in [1.165, 1.54) is 0 Å². The largest absolute Gasteiger partial charge is 0.487 e. The molecule has 0 atom stereocenters. The highest BCUT2D eigenvalue weighted by atomic mass is 35.5. The van der Waals surface area contributed by atoms with Gasteiger partial charge in [0, 0.05) is 59.8 Å². The summed E-state index contributed by atoms with van der Waals surface area (Å²) in [5, 5.41) is 12.1. The van der Waals surface area contributed by atoms with Crippen LogP contribution in [0.3, 0.4) is 0 Å². The van der Waals surface area contributed by atoms with Crippen LogP contribution in [-0.4, -0.2) is 24.7 Å². The fraction of sp³-hybridized carbons (Fsp3) is 0.200. The molecule has 4 aromatic heterocycles. The minimum absolute atomic E-state index is 0.297. The Morgan fingerprint density at radius 1 is 1.12 bits per heavy atom. The molecule has 4 heterocycles. The van der Waals surface area contributed by atoms with Crippen molar-refractivity contribution >= 4 is 39.0 Å². The Morgan fingerprint density at radius 2 is 2.00 bits per heavy atom. The number of aromatic nitrogens is 5. The number of nitrogens with zero attached hydrogens (tertiary/aromatic N) is 5. The van der Waals surface area contributed by atoms with Gasteiger partial charge in [-0.15, -0.1) is 11.3 Å². The predicted octanol–water partition coefficient (Wildman–Crippen LogP) is 5.95. The van der Waals surface area contributed by atoms with Gasteiger partial charge in [-0.3, -0.25) is 9.67 Å². The van der Waals surface area contributed by atoms with Gasteiger partial charge >= 0.3 is 0 Å². The first kappa shape index (κ1) is 22.3. The van der Waals surface area contributed by atoms with Gasteiger partial charge in [0.05, 0.1) is 16.4 Å². The van der Waals surface area contributed by atoms with Crippen LogP contribution in [0.5, 0.6) is 5.75 Å². The maximum absolute atomic E-state index is 6.53. The quantitative estimate of drug-likeness (QED) is 0.304. The van der Waals surface area contributed by atoms with Crippen LogP contribution in [0.4, 0.5) is 5.13 Å². The molecule has 0 saturated heterocycles. The summed E-state index contributed by atoms with van der Waals surface area (Å²) < 4.78 is 8.17. The Kier molecular flexibility index (Phi) is 6.17. The maximum atomic E-state index is 6.53. The second kappa shape index (κ2) is 9.40. The van der Waals surface area contributed by atoms with E-state index < -0.39 is 0 Å². The number of pyridine rings is 2. The number of benzene rings is 1. The van der Waals surface area contributed by atoms with Crippen molar-refractivity contribution < 1.29 is 4.74 Å². The molecule has 0 saturated carbocycles. The zero-order chi connectivity index (χ0) is 23.7. The first-order chi connectivity index (χ1) is 16.5. The Bertz CT molecular complexity index is 1480. The lowest BCUT2D eigenvalue weighted by Crippen LogP contribution is -2.07. The number of ether oxygens (including phenoxy) is 1. The highest BCUT2D eigenvalue weighted by Crippen LogP contribution is 2.34. The van der Waals surface area contributed by atoms with Gasteiger partial charge in [-0.05, 0) is 37.6 Å². The summed E-state index contributed by atoms with van der Waals surface area (Å²) in [6.07, 6.45) is 5.25. The molecule has 172 valence electrons. The van der Waals surface area contributed by atoms with Gasteiger partial charge in [-0.1, -0.05) is 23.7 Å². The van der Waals surface area contributed by atoms with E-state index in [0.29, 0.717) is 23.9 Å². The molecule has 0 aliphatic rings. The summed E-state index contributed by atoms with van der Waals surface area (Å²) in [4.78, 5) is 13.5. The Morgan fingerprint density at radius 3 is 2.76 bits per heavy atom. The minimum Gasteiger partial charge on any atom is -0.487 e. The Hall–Kier alpha value is -3.49. The first-order valence-electron chi connectivity index (χ1n) is 10.8. The molecule has 0 amide bonds. The Balaban J connectivity index is 1.45. The van der Waals surface area contributed by atoms with E-state index in [4.69, 9.17) is 21.3 Å². The second-order valence-corrected chi connectivity index (χ2v) is 9.26. The van der Waals surface area contributed by atoms with E-state index in [-0.39, 0.29) is 0 Å². The molecular formula is C25H23ClN6OS. The van der Waals surface area contributed by atoms with Crippen LogP contribution >= 0.6 is 22.9 Å². The average molecular weight is 491 g/mol. The van der Waals surface area contributed by atoms with Crippen LogP contribution in [0.25, 0.3) is 22.2 Å². The smallest absolute Gasteiger partial charge is 0.183 e. The monoisotopic (exact) mass is 490 g/mol. The minimum atomic E-state index is 0.297. The van der Waals surface area contributed by atoms with E-state index in [1.54, 1.807) is 23.7 Å². The van der Waals surface area contributed by atoms with Crippen LogP contribution < -0.4 is 10.1 Å². The number of aryl methyl sites for hydroxylation is 3. The molecule has 0 spiro atoms. The van der Waals surface area contributed by atoms with Gasteiger partial charge < -0.3 is 10.1 Å². The van der Waals surface area contributed by atoms with Gasteiger partial charge in [-0.25, -0.2) is 9.97 Å². The lowest BCUT2D eigenvalue weighted by Gasteiger charge is -2.15. The number of para-hydroxylation sites is 1. The van der Waals surface area contributed by atoms with Crippen molar-refractivity contribution in [3.63, 3.8) is 0 Å². The van der Waals surface area contributed by atoms with Crippen molar-refractivity contribution in [3.8, 4) is 17.0 Å². The number of hydrogen-bond acceptors (Lipinski definition) is 7. The van der Waals surface area contributed by atoms with Crippen molar-refractivity contribution in [2.75, 3.05) is 5.32 Å². The van der Waals surface area contributed by atoms with Crippen LogP contribution in [0, 0.1) is 13.8 Å². The second-order valence-electron chi connectivity index (χ2n) is 8.00. The molecule has 1 N–H and O–H groups in total. The van der Waals surface area contributed by atoms with Gasteiger partial charge in [0.15, 0.2) is 5.13 Å². The predicted molar refractivity (Wildman–Crippen MR) is 136 cm³/mol. The standard InChI is InChI=1S/C25H23ClN6OS/c1-15-9-19(22-7-8-29-32(22)3)18-5-4-6-23(24(18)30-15)33-13-20-17(10-27-12-21(20)26)11-28-25-31-16(2)14-34-25/h4-10,12,14H,11,13H2,1-3H3,(H,28,31). The summed E-state index contributed by atoms with van der Waals surface area (Å²) in [6, 6.07) is 10.1. The highest BCUT2D eigenvalue weighted by molar-refractivity contribution is 7.13. The SMILES string of the molecule is Cc1csc(NCc2cncc(Cl)c2COc2cccc3c(-c4ccnn4C)cc(C)nc23)n1. The summed E-state index contributed by atoms with van der Waals surface area (Å²) in [5.74, 6) is 0.701. The normalized spacial score (nSPS) is 11.2. The van der Waals surface area contributed by atoms with Crippen LogP contribution in [0.1, 0.15) is 22.5 Å². The third-order valence-corrected chi connectivity index (χ3v) is 6.79. The van der Waals surface area contributed by atoms with Crippen molar-refractivity contribution in [2.24, 2.45) is 7.05 Å². The summed E-state index contributed by atoms with van der Waals surface area (Å²) in [6.45, 7) is 4.81. The number of anilines is 1. The molecule has 0 radical (unpaired) electrons. The molecule has 0 unspecified atom stereocenters. The number of fused-ring (bicyclic) bond motifs is 1. The van der Waals surface area contributed by atoms with Crippen molar-refractivity contribution in [1.82, 2.24) is 24.7 Å². The number of halogens is 1. The lowest BCUT2D eigenvalue weighted by atomic mass is 10.0. The molecule has 34 heavy (non-hydrogen) atoms. The topological polar surface area (TPSA) is 77.8 Å². The number of thiazole rings is 1. The van der Waals surface area contributed by atoms with E-state index in [1.807, 2.05) is 55.4 Å². The molecular weight excluding hydrogens is 468 g/mol. The summed E-state index contributed by atoms with van der Waals surface area (Å²) in [7, 11) is 1.94. The zero-order valence-electron chi connectivity index (χ0n) is 19.0. The van der Waals surface area contributed by atoms with Crippen LogP contribution in [0.2, 0.25) is 5.02 Å². The number of nitrogens with one attached hydrogen (secondary N) is 1. The first-order valence-corrected chi connectivity index (χ1v) is 12.0. The van der Waals surface area contributed by atoms with Crippen LogP contribution in [0.15, 0.2) is 54.3 Å².